The Kier molecular flexibility index (Phi) is 7.17. The van der Waals surface area contributed by atoms with E-state index in [9.17, 15) is 14.4 Å². The van der Waals surface area contributed by atoms with Crippen LogP contribution in [0.15, 0.2) is 63.0 Å². The summed E-state index contributed by atoms with van der Waals surface area (Å²) < 4.78 is 17.7. The van der Waals surface area contributed by atoms with Crippen LogP contribution >= 0.6 is 55.1 Å². The highest BCUT2D eigenvalue weighted by molar-refractivity contribution is 9.11. The first-order valence-electron chi connectivity index (χ1n) is 10.6. The lowest BCUT2D eigenvalue weighted by Crippen LogP contribution is -2.54. The lowest BCUT2D eigenvalue weighted by Gasteiger charge is -2.26. The highest BCUT2D eigenvalue weighted by Crippen LogP contribution is 2.38. The van der Waals surface area contributed by atoms with Gasteiger partial charge >= 0.3 is 6.03 Å². The van der Waals surface area contributed by atoms with Gasteiger partial charge in [0.05, 0.1) is 14.6 Å². The number of hydrogen-bond donors (Lipinski definition) is 1. The first-order chi connectivity index (χ1) is 17.7. The summed E-state index contributed by atoms with van der Waals surface area (Å²) in [5.41, 5.74) is 1.26. The summed E-state index contributed by atoms with van der Waals surface area (Å²) in [7, 11) is 0. The molecule has 1 fully saturated rings. The van der Waals surface area contributed by atoms with Crippen LogP contribution in [0.25, 0.3) is 6.08 Å². The van der Waals surface area contributed by atoms with Gasteiger partial charge in [-0.05, 0) is 79.9 Å². The van der Waals surface area contributed by atoms with E-state index >= 15 is 0 Å². The Bertz CT molecular complexity index is 1490. The number of nitrogens with one attached hydrogen (secondary N) is 1. The van der Waals surface area contributed by atoms with Crippen LogP contribution < -0.4 is 24.4 Å². The molecule has 3 aromatic carbocycles. The van der Waals surface area contributed by atoms with Gasteiger partial charge in [-0.15, -0.1) is 0 Å². The van der Waals surface area contributed by atoms with E-state index in [0.29, 0.717) is 41.8 Å². The zero-order valence-electron chi connectivity index (χ0n) is 18.5. The van der Waals surface area contributed by atoms with Gasteiger partial charge in [-0.25, -0.2) is 9.69 Å². The summed E-state index contributed by atoms with van der Waals surface area (Å²) in [6, 6.07) is 12.2. The van der Waals surface area contributed by atoms with E-state index in [1.165, 1.54) is 18.2 Å². The summed E-state index contributed by atoms with van der Waals surface area (Å²) in [6.07, 6.45) is 1.39. The number of carbonyl (C=O) groups is 3. The smallest absolute Gasteiger partial charge is 0.335 e. The minimum Gasteiger partial charge on any atom is -0.486 e. The summed E-state index contributed by atoms with van der Waals surface area (Å²) >= 11 is 19.1. The summed E-state index contributed by atoms with van der Waals surface area (Å²) in [5.74, 6) is -0.209. The molecule has 3 aromatic rings. The highest BCUT2D eigenvalue weighted by atomic mass is 79.9. The molecular weight excluding hydrogens is 655 g/mol. The number of rotatable bonds is 5. The van der Waals surface area contributed by atoms with Gasteiger partial charge in [-0.1, -0.05) is 29.3 Å². The van der Waals surface area contributed by atoms with E-state index in [-0.39, 0.29) is 24.7 Å². The maximum atomic E-state index is 13.2. The molecule has 0 bridgehead atoms. The SMILES string of the molecule is O=C1NC(=O)N(c2ccc3c(c2)OCO3)C(=O)/C1=C/c1cc(Br)c(OCc2ccc(Cl)cc2Cl)c(Br)c1. The average molecular weight is 669 g/mol. The predicted molar refractivity (Wildman–Crippen MR) is 144 cm³/mol. The van der Waals surface area contributed by atoms with Crippen molar-refractivity contribution in [2.75, 3.05) is 11.7 Å². The number of benzene rings is 3. The number of barbiturate groups is 1. The quantitative estimate of drug-likeness (QED) is 0.247. The van der Waals surface area contributed by atoms with E-state index in [2.05, 4.69) is 37.2 Å². The molecule has 1 N–H and O–H groups in total. The fourth-order valence-electron chi connectivity index (χ4n) is 3.67. The number of fused-ring (bicyclic) bond motifs is 1. The Morgan fingerprint density at radius 1 is 0.973 bits per heavy atom. The van der Waals surface area contributed by atoms with Crippen LogP contribution in [0, 0.1) is 0 Å². The van der Waals surface area contributed by atoms with Gasteiger partial charge in [0.1, 0.15) is 17.9 Å². The van der Waals surface area contributed by atoms with Crippen LogP contribution in [0.4, 0.5) is 10.5 Å². The Labute approximate surface area is 237 Å². The lowest BCUT2D eigenvalue weighted by molar-refractivity contribution is -0.122. The standard InChI is InChI=1S/C25H14Br2Cl2N2O6/c26-17-6-12(7-18(27)22(17)35-10-13-1-2-14(28)8-19(13)29)5-16-23(32)30-25(34)31(24(16)33)15-3-4-20-21(9-15)37-11-36-20/h1-9H,10-11H2,(H,30,32,34)/b16-5+. The van der Waals surface area contributed by atoms with Crippen molar-refractivity contribution in [1.82, 2.24) is 5.32 Å². The zero-order chi connectivity index (χ0) is 26.3. The number of hydrogen-bond acceptors (Lipinski definition) is 6. The minimum atomic E-state index is -0.863. The van der Waals surface area contributed by atoms with Gasteiger partial charge in [0.15, 0.2) is 11.5 Å². The molecule has 0 spiro atoms. The Morgan fingerprint density at radius 2 is 1.70 bits per heavy atom. The summed E-state index contributed by atoms with van der Waals surface area (Å²) in [6.45, 7) is 0.222. The highest BCUT2D eigenvalue weighted by Gasteiger charge is 2.37. The Morgan fingerprint density at radius 3 is 2.43 bits per heavy atom. The van der Waals surface area contributed by atoms with E-state index in [0.717, 1.165) is 10.5 Å². The third-order valence-electron chi connectivity index (χ3n) is 5.43. The molecule has 0 atom stereocenters. The molecule has 2 heterocycles. The maximum absolute atomic E-state index is 13.2. The van der Waals surface area contributed by atoms with Crippen molar-refractivity contribution in [3.8, 4) is 17.2 Å². The van der Waals surface area contributed by atoms with Gasteiger partial charge in [0, 0.05) is 21.7 Å². The zero-order valence-corrected chi connectivity index (χ0v) is 23.2. The fraction of sp³-hybridized carbons (Fsp3) is 0.0800. The number of urea groups is 1. The van der Waals surface area contributed by atoms with Crippen molar-refractivity contribution in [2.24, 2.45) is 0 Å². The Hall–Kier alpha value is -3.05. The van der Waals surface area contributed by atoms with Crippen molar-refractivity contribution in [3.63, 3.8) is 0 Å². The van der Waals surface area contributed by atoms with Crippen LogP contribution in [0.5, 0.6) is 17.2 Å². The van der Waals surface area contributed by atoms with Crippen LogP contribution in [0.1, 0.15) is 11.1 Å². The second-order valence-electron chi connectivity index (χ2n) is 7.83. The molecule has 0 aliphatic carbocycles. The molecule has 1 saturated heterocycles. The second kappa shape index (κ2) is 10.4. The molecule has 4 amide bonds. The summed E-state index contributed by atoms with van der Waals surface area (Å²) in [4.78, 5) is 39.2. The topological polar surface area (TPSA) is 94.2 Å². The van der Waals surface area contributed by atoms with E-state index < -0.39 is 17.8 Å². The van der Waals surface area contributed by atoms with Crippen LogP contribution in [-0.2, 0) is 16.2 Å². The van der Waals surface area contributed by atoms with Gasteiger partial charge < -0.3 is 14.2 Å². The molecular formula is C25H14Br2Cl2N2O6. The number of amides is 4. The first-order valence-corrected chi connectivity index (χ1v) is 12.9. The van der Waals surface area contributed by atoms with Gasteiger partial charge in [-0.3, -0.25) is 14.9 Å². The molecule has 0 aromatic heterocycles. The second-order valence-corrected chi connectivity index (χ2v) is 10.4. The molecule has 0 saturated carbocycles. The molecule has 0 unspecified atom stereocenters. The minimum absolute atomic E-state index is 0.0404. The number of halogens is 4. The van der Waals surface area contributed by atoms with E-state index in [1.54, 1.807) is 36.4 Å². The third-order valence-corrected chi connectivity index (χ3v) is 7.20. The van der Waals surface area contributed by atoms with Gasteiger partial charge in [0.2, 0.25) is 6.79 Å². The predicted octanol–water partition coefficient (Wildman–Crippen LogP) is 6.49. The van der Waals surface area contributed by atoms with Crippen molar-refractivity contribution >= 4 is 84.7 Å². The average Bonchev–Trinajstić information content (AvgIpc) is 3.30. The molecule has 2 aliphatic heterocycles. The monoisotopic (exact) mass is 666 g/mol. The van der Waals surface area contributed by atoms with E-state index in [4.69, 9.17) is 37.4 Å². The lowest BCUT2D eigenvalue weighted by atomic mass is 10.1. The molecule has 0 radical (unpaired) electrons. The van der Waals surface area contributed by atoms with E-state index in [1.807, 2.05) is 0 Å². The summed E-state index contributed by atoms with van der Waals surface area (Å²) in [5, 5.41) is 3.20. The molecule has 12 heteroatoms. The third kappa shape index (κ3) is 5.19. The van der Waals surface area contributed by atoms with Crippen molar-refractivity contribution in [1.29, 1.82) is 0 Å². The van der Waals surface area contributed by atoms with Crippen molar-refractivity contribution < 1.29 is 28.6 Å². The normalized spacial score (nSPS) is 15.8. The largest absolute Gasteiger partial charge is 0.486 e. The molecule has 2 aliphatic rings. The van der Waals surface area contributed by atoms with Crippen LogP contribution in [0.3, 0.4) is 0 Å². The van der Waals surface area contributed by atoms with Gasteiger partial charge in [-0.2, -0.15) is 0 Å². The number of anilines is 1. The molecule has 5 rings (SSSR count). The van der Waals surface area contributed by atoms with Crippen molar-refractivity contribution in [3.05, 3.63) is 84.2 Å². The first kappa shape index (κ1) is 25.6. The van der Waals surface area contributed by atoms with Gasteiger partial charge in [0.25, 0.3) is 11.8 Å². The van der Waals surface area contributed by atoms with Crippen LogP contribution in [0.2, 0.25) is 10.0 Å². The number of carbonyl (C=O) groups excluding carboxylic acids is 3. The number of imide groups is 2. The number of nitrogens with zero attached hydrogens (tertiary/aromatic N) is 1. The number of ether oxygens (including phenoxy) is 3. The van der Waals surface area contributed by atoms with Crippen molar-refractivity contribution in [2.45, 2.75) is 6.61 Å². The van der Waals surface area contributed by atoms with Crippen LogP contribution in [-0.4, -0.2) is 24.6 Å². The molecule has 188 valence electrons. The Balaban J connectivity index is 1.41. The maximum Gasteiger partial charge on any atom is 0.335 e. The molecule has 37 heavy (non-hydrogen) atoms. The fourth-order valence-corrected chi connectivity index (χ4v) is 5.59. The molecule has 8 nitrogen and oxygen atoms in total.